The lowest BCUT2D eigenvalue weighted by Crippen LogP contribution is -2.24. The fraction of sp³-hybridized carbons (Fsp3) is 0.588. The van der Waals surface area contributed by atoms with E-state index in [1.165, 1.54) is 19.3 Å². The minimum absolute atomic E-state index is 0.0409. The number of carbonyl (C=O) groups is 2. The van der Waals surface area contributed by atoms with E-state index in [4.69, 9.17) is 5.11 Å². The minimum atomic E-state index is -0.700. The van der Waals surface area contributed by atoms with Crippen molar-refractivity contribution in [3.63, 3.8) is 0 Å². The van der Waals surface area contributed by atoms with Gasteiger partial charge in [0, 0.05) is 30.9 Å². The molecule has 122 valence electrons. The summed E-state index contributed by atoms with van der Waals surface area (Å²) in [6.45, 7) is 0.708. The SMILES string of the molecule is O=C(O)CCCCCCCCCCNC(=O)c1ccncc1. The molecule has 22 heavy (non-hydrogen) atoms. The Morgan fingerprint density at radius 3 is 2.05 bits per heavy atom. The first-order chi connectivity index (χ1) is 10.7. The number of unbranched alkanes of at least 4 members (excludes halogenated alkanes) is 7. The lowest BCUT2D eigenvalue weighted by Gasteiger charge is -2.05. The van der Waals surface area contributed by atoms with Gasteiger partial charge < -0.3 is 10.4 Å². The highest BCUT2D eigenvalue weighted by molar-refractivity contribution is 5.93. The average molecular weight is 306 g/mol. The van der Waals surface area contributed by atoms with Gasteiger partial charge in [0.1, 0.15) is 0 Å². The van der Waals surface area contributed by atoms with Gasteiger partial charge in [0.25, 0.3) is 5.91 Å². The number of aliphatic carboxylic acids is 1. The van der Waals surface area contributed by atoms with E-state index in [9.17, 15) is 9.59 Å². The van der Waals surface area contributed by atoms with Crippen LogP contribution in [0.25, 0.3) is 0 Å². The second kappa shape index (κ2) is 11.7. The fourth-order valence-electron chi connectivity index (χ4n) is 2.27. The molecule has 0 spiro atoms. The van der Waals surface area contributed by atoms with Gasteiger partial charge in [-0.15, -0.1) is 0 Å². The Labute approximate surface area is 132 Å². The summed E-state index contributed by atoms with van der Waals surface area (Å²) in [7, 11) is 0. The van der Waals surface area contributed by atoms with Crippen LogP contribution in [0.2, 0.25) is 0 Å². The number of hydrogen-bond donors (Lipinski definition) is 2. The second-order valence-electron chi connectivity index (χ2n) is 5.46. The number of aromatic nitrogens is 1. The molecule has 0 radical (unpaired) electrons. The number of nitrogens with one attached hydrogen (secondary N) is 1. The van der Waals surface area contributed by atoms with E-state index in [1.807, 2.05) is 0 Å². The first-order valence-electron chi connectivity index (χ1n) is 8.10. The molecule has 0 atom stereocenters. The highest BCUT2D eigenvalue weighted by Gasteiger charge is 2.02. The van der Waals surface area contributed by atoms with Gasteiger partial charge in [-0.1, -0.05) is 38.5 Å². The molecule has 0 fully saturated rings. The smallest absolute Gasteiger partial charge is 0.303 e. The Kier molecular flexibility index (Phi) is 9.66. The predicted molar refractivity (Wildman–Crippen MR) is 85.8 cm³/mol. The quantitative estimate of drug-likeness (QED) is 0.580. The molecule has 2 N–H and O–H groups in total. The molecule has 0 saturated heterocycles. The molecule has 5 nitrogen and oxygen atoms in total. The molecule has 0 aliphatic carbocycles. The van der Waals surface area contributed by atoms with Gasteiger partial charge in [0.2, 0.25) is 0 Å². The number of rotatable bonds is 12. The van der Waals surface area contributed by atoms with Crippen molar-refractivity contribution in [1.82, 2.24) is 10.3 Å². The van der Waals surface area contributed by atoms with Crippen molar-refractivity contribution in [2.24, 2.45) is 0 Å². The average Bonchev–Trinajstić information content (AvgIpc) is 2.53. The molecule has 0 aliphatic heterocycles. The molecule has 1 heterocycles. The van der Waals surface area contributed by atoms with E-state index in [0.29, 0.717) is 12.1 Å². The third-order valence-corrected chi connectivity index (χ3v) is 3.55. The molecule has 1 amide bonds. The second-order valence-corrected chi connectivity index (χ2v) is 5.46. The third-order valence-electron chi connectivity index (χ3n) is 3.55. The third kappa shape index (κ3) is 9.10. The number of pyridine rings is 1. The zero-order valence-corrected chi connectivity index (χ0v) is 13.1. The first-order valence-corrected chi connectivity index (χ1v) is 8.10. The normalized spacial score (nSPS) is 10.4. The largest absolute Gasteiger partial charge is 0.481 e. The molecule has 1 aromatic heterocycles. The number of nitrogens with zero attached hydrogens (tertiary/aromatic N) is 1. The van der Waals surface area contributed by atoms with Crippen LogP contribution in [0.4, 0.5) is 0 Å². The number of hydrogen-bond acceptors (Lipinski definition) is 3. The van der Waals surface area contributed by atoms with Crippen molar-refractivity contribution in [3.8, 4) is 0 Å². The predicted octanol–water partition coefficient (Wildman–Crippen LogP) is 3.41. The number of carboxylic acids is 1. The van der Waals surface area contributed by atoms with Gasteiger partial charge in [-0.2, -0.15) is 0 Å². The van der Waals surface area contributed by atoms with E-state index >= 15 is 0 Å². The Bertz CT molecular complexity index is 435. The number of carbonyl (C=O) groups excluding carboxylic acids is 1. The van der Waals surface area contributed by atoms with Crippen molar-refractivity contribution in [2.45, 2.75) is 57.8 Å². The zero-order valence-electron chi connectivity index (χ0n) is 13.1. The van der Waals surface area contributed by atoms with Crippen LogP contribution in [-0.2, 0) is 4.79 Å². The minimum Gasteiger partial charge on any atom is -0.481 e. The lowest BCUT2D eigenvalue weighted by atomic mass is 10.1. The number of amides is 1. The van der Waals surface area contributed by atoms with Crippen LogP contribution in [0.3, 0.4) is 0 Å². The van der Waals surface area contributed by atoms with Crippen LogP contribution in [0.5, 0.6) is 0 Å². The van der Waals surface area contributed by atoms with E-state index in [1.54, 1.807) is 24.5 Å². The van der Waals surface area contributed by atoms with Crippen LogP contribution < -0.4 is 5.32 Å². The first kappa shape index (κ1) is 18.1. The molecule has 1 aromatic rings. The summed E-state index contributed by atoms with van der Waals surface area (Å²) in [5.74, 6) is -0.741. The zero-order chi connectivity index (χ0) is 16.0. The Balaban J connectivity index is 1.88. The van der Waals surface area contributed by atoms with Gasteiger partial charge in [-0.25, -0.2) is 0 Å². The van der Waals surface area contributed by atoms with Crippen molar-refractivity contribution in [2.75, 3.05) is 6.54 Å². The van der Waals surface area contributed by atoms with Crippen LogP contribution >= 0.6 is 0 Å². The fourth-order valence-corrected chi connectivity index (χ4v) is 2.27. The highest BCUT2D eigenvalue weighted by Crippen LogP contribution is 2.09. The molecular weight excluding hydrogens is 280 g/mol. The molecule has 0 bridgehead atoms. The summed E-state index contributed by atoms with van der Waals surface area (Å²) in [6.07, 6.45) is 12.1. The maximum Gasteiger partial charge on any atom is 0.303 e. The summed E-state index contributed by atoms with van der Waals surface area (Å²) in [5, 5.41) is 11.4. The Morgan fingerprint density at radius 1 is 0.909 bits per heavy atom. The van der Waals surface area contributed by atoms with Crippen LogP contribution in [0.1, 0.15) is 68.1 Å². The Hall–Kier alpha value is -1.91. The highest BCUT2D eigenvalue weighted by atomic mass is 16.4. The van der Waals surface area contributed by atoms with Crippen LogP contribution in [0.15, 0.2) is 24.5 Å². The van der Waals surface area contributed by atoms with Crippen molar-refractivity contribution >= 4 is 11.9 Å². The number of carboxylic acid groups (broad SMARTS) is 1. The molecule has 5 heteroatoms. The monoisotopic (exact) mass is 306 g/mol. The van der Waals surface area contributed by atoms with Crippen LogP contribution in [0, 0.1) is 0 Å². The van der Waals surface area contributed by atoms with Gasteiger partial charge in [-0.05, 0) is 25.0 Å². The van der Waals surface area contributed by atoms with Gasteiger partial charge in [-0.3, -0.25) is 14.6 Å². The van der Waals surface area contributed by atoms with Gasteiger partial charge >= 0.3 is 5.97 Å². The van der Waals surface area contributed by atoms with Crippen molar-refractivity contribution in [1.29, 1.82) is 0 Å². The molecule has 0 aromatic carbocycles. The summed E-state index contributed by atoms with van der Waals surface area (Å²) in [5.41, 5.74) is 0.649. The Morgan fingerprint density at radius 2 is 1.45 bits per heavy atom. The van der Waals surface area contributed by atoms with Gasteiger partial charge in [0.15, 0.2) is 0 Å². The molecule has 1 rings (SSSR count). The molecular formula is C17H26N2O3. The van der Waals surface area contributed by atoms with Crippen molar-refractivity contribution in [3.05, 3.63) is 30.1 Å². The van der Waals surface area contributed by atoms with Gasteiger partial charge in [0.05, 0.1) is 0 Å². The topological polar surface area (TPSA) is 79.3 Å². The summed E-state index contributed by atoms with van der Waals surface area (Å²) in [4.78, 5) is 26.0. The van der Waals surface area contributed by atoms with E-state index in [0.717, 1.165) is 32.1 Å². The summed E-state index contributed by atoms with van der Waals surface area (Å²) >= 11 is 0. The lowest BCUT2D eigenvalue weighted by molar-refractivity contribution is -0.137. The summed E-state index contributed by atoms with van der Waals surface area (Å²) < 4.78 is 0. The van der Waals surface area contributed by atoms with Crippen LogP contribution in [-0.4, -0.2) is 28.5 Å². The van der Waals surface area contributed by atoms with Crippen molar-refractivity contribution < 1.29 is 14.7 Å². The maximum atomic E-state index is 11.7. The molecule has 0 unspecified atom stereocenters. The molecule has 0 aliphatic rings. The standard InChI is InChI=1S/C17H26N2O3/c20-16(21)9-7-5-3-1-2-4-6-8-12-19-17(22)15-10-13-18-14-11-15/h10-11,13-14H,1-9,12H2,(H,19,22)(H,20,21). The van der Waals surface area contributed by atoms with E-state index in [2.05, 4.69) is 10.3 Å². The van der Waals surface area contributed by atoms with E-state index < -0.39 is 5.97 Å². The summed E-state index contributed by atoms with van der Waals surface area (Å²) in [6, 6.07) is 3.42. The maximum absolute atomic E-state index is 11.7. The van der Waals surface area contributed by atoms with E-state index in [-0.39, 0.29) is 12.3 Å². The molecule has 0 saturated carbocycles.